The second kappa shape index (κ2) is 4.63. The number of hydrogen-bond acceptors (Lipinski definition) is 1. The van der Waals surface area contributed by atoms with Crippen LogP contribution in [-0.4, -0.2) is 17.8 Å². The smallest absolute Gasteiger partial charge is 0.309 e. The maximum Gasteiger partial charge on any atom is 0.417 e. The monoisotopic (exact) mass is 297 g/mol. The zero-order valence-corrected chi connectivity index (χ0v) is 10.5. The first-order valence-corrected chi connectivity index (χ1v) is 5.92. The van der Waals surface area contributed by atoms with Gasteiger partial charge in [-0.15, -0.1) is 11.6 Å². The van der Waals surface area contributed by atoms with Crippen LogP contribution in [0.2, 0.25) is 5.02 Å². The van der Waals surface area contributed by atoms with Gasteiger partial charge in [-0.2, -0.15) is 13.2 Å². The summed E-state index contributed by atoms with van der Waals surface area (Å²) in [5, 5.41) is -0.868. The molecule has 2 rings (SSSR count). The highest BCUT2D eigenvalue weighted by atomic mass is 35.5. The van der Waals surface area contributed by atoms with E-state index in [4.69, 9.17) is 23.2 Å². The first kappa shape index (κ1) is 13.5. The third kappa shape index (κ3) is 2.42. The third-order valence-electron chi connectivity index (χ3n) is 2.65. The number of alkyl halides is 4. The van der Waals surface area contributed by atoms with Crippen LogP contribution >= 0.6 is 23.2 Å². The molecule has 1 heterocycles. The number of halogens is 5. The topological polar surface area (TPSA) is 20.3 Å². The lowest BCUT2D eigenvalue weighted by molar-refractivity contribution is -0.137. The molecule has 1 fully saturated rings. The Labute approximate surface area is 111 Å². The predicted molar refractivity (Wildman–Crippen MR) is 63.1 cm³/mol. The summed E-state index contributed by atoms with van der Waals surface area (Å²) in [6.07, 6.45) is -4.44. The summed E-state index contributed by atoms with van der Waals surface area (Å²) in [4.78, 5) is 12.8. The fourth-order valence-electron chi connectivity index (χ4n) is 1.84. The molecule has 0 bridgehead atoms. The van der Waals surface area contributed by atoms with Crippen LogP contribution in [-0.2, 0) is 11.0 Å². The van der Waals surface area contributed by atoms with Crippen molar-refractivity contribution < 1.29 is 18.0 Å². The second-order valence-electron chi connectivity index (χ2n) is 3.94. The Kier molecular flexibility index (Phi) is 3.47. The Morgan fingerprint density at radius 2 is 2.00 bits per heavy atom. The molecule has 18 heavy (non-hydrogen) atoms. The van der Waals surface area contributed by atoms with E-state index in [1.807, 2.05) is 0 Å². The van der Waals surface area contributed by atoms with Crippen LogP contribution in [0.25, 0.3) is 0 Å². The van der Waals surface area contributed by atoms with Gasteiger partial charge in [0, 0.05) is 13.0 Å². The van der Waals surface area contributed by atoms with Gasteiger partial charge in [0.1, 0.15) is 0 Å². The molecule has 0 saturated carbocycles. The van der Waals surface area contributed by atoms with Gasteiger partial charge in [-0.05, 0) is 12.1 Å². The molecular formula is C11H8Cl2F3NO. The van der Waals surface area contributed by atoms with Crippen molar-refractivity contribution >= 4 is 34.8 Å². The van der Waals surface area contributed by atoms with Gasteiger partial charge < -0.3 is 4.90 Å². The number of nitrogens with zero attached hydrogens (tertiary/aromatic N) is 1. The number of benzene rings is 1. The van der Waals surface area contributed by atoms with Gasteiger partial charge in [0.25, 0.3) is 0 Å². The predicted octanol–water partition coefficient (Wildman–Crippen LogP) is 3.70. The van der Waals surface area contributed by atoms with Gasteiger partial charge in [-0.3, -0.25) is 4.79 Å². The standard InChI is InChI=1S/C11H8Cl2F3NO/c12-6-4-9(18)17(5-6)8-3-1-2-7(10(8)13)11(14,15)16/h1-3,6H,4-5H2. The highest BCUT2D eigenvalue weighted by Gasteiger charge is 2.37. The lowest BCUT2D eigenvalue weighted by Gasteiger charge is -2.20. The van der Waals surface area contributed by atoms with E-state index >= 15 is 0 Å². The van der Waals surface area contributed by atoms with E-state index in [-0.39, 0.29) is 24.6 Å². The van der Waals surface area contributed by atoms with E-state index < -0.39 is 22.1 Å². The molecule has 98 valence electrons. The summed E-state index contributed by atoms with van der Waals surface area (Å²) in [5.41, 5.74) is -0.896. The van der Waals surface area contributed by atoms with E-state index in [9.17, 15) is 18.0 Å². The van der Waals surface area contributed by atoms with Crippen molar-refractivity contribution in [3.05, 3.63) is 28.8 Å². The van der Waals surface area contributed by atoms with Crippen LogP contribution in [0.3, 0.4) is 0 Å². The first-order chi connectivity index (χ1) is 8.30. The molecule has 0 radical (unpaired) electrons. The summed E-state index contributed by atoms with van der Waals surface area (Å²) < 4.78 is 38.0. The molecule has 1 aliphatic rings. The summed E-state index contributed by atoms with van der Waals surface area (Å²) in [7, 11) is 0. The number of carbonyl (C=O) groups excluding carboxylic acids is 1. The van der Waals surface area contributed by atoms with Crippen LogP contribution in [0.5, 0.6) is 0 Å². The van der Waals surface area contributed by atoms with Crippen LogP contribution in [0.4, 0.5) is 18.9 Å². The van der Waals surface area contributed by atoms with Crippen molar-refractivity contribution in [3.8, 4) is 0 Å². The molecule has 2 nitrogen and oxygen atoms in total. The van der Waals surface area contributed by atoms with E-state index in [0.717, 1.165) is 6.07 Å². The second-order valence-corrected chi connectivity index (χ2v) is 4.94. The Morgan fingerprint density at radius 3 is 2.50 bits per heavy atom. The summed E-state index contributed by atoms with van der Waals surface area (Å²) in [6, 6.07) is 3.48. The lowest BCUT2D eigenvalue weighted by Crippen LogP contribution is -2.25. The quantitative estimate of drug-likeness (QED) is 0.724. The van der Waals surface area contributed by atoms with E-state index in [2.05, 4.69) is 0 Å². The molecule has 0 N–H and O–H groups in total. The maximum atomic E-state index is 12.7. The van der Waals surface area contributed by atoms with Crippen molar-refractivity contribution in [1.82, 2.24) is 0 Å². The lowest BCUT2D eigenvalue weighted by atomic mass is 10.2. The SMILES string of the molecule is O=C1CC(Cl)CN1c1cccc(C(F)(F)F)c1Cl. The fraction of sp³-hybridized carbons (Fsp3) is 0.364. The van der Waals surface area contributed by atoms with Gasteiger partial charge in [-0.25, -0.2) is 0 Å². The van der Waals surface area contributed by atoms with Crippen LogP contribution in [0.15, 0.2) is 18.2 Å². The van der Waals surface area contributed by atoms with Crippen LogP contribution in [0.1, 0.15) is 12.0 Å². The molecule has 1 unspecified atom stereocenters. The number of carbonyl (C=O) groups is 1. The number of rotatable bonds is 1. The Balaban J connectivity index is 2.44. The average Bonchev–Trinajstić information content (AvgIpc) is 2.56. The molecule has 0 aromatic heterocycles. The average molecular weight is 298 g/mol. The van der Waals surface area contributed by atoms with Crippen molar-refractivity contribution in [2.45, 2.75) is 18.0 Å². The molecule has 1 aliphatic heterocycles. The largest absolute Gasteiger partial charge is 0.417 e. The Bertz CT molecular complexity index is 490. The van der Waals surface area contributed by atoms with Gasteiger partial charge in [-0.1, -0.05) is 17.7 Å². The molecule has 1 saturated heterocycles. The first-order valence-electron chi connectivity index (χ1n) is 5.11. The molecule has 1 amide bonds. The fourth-order valence-corrected chi connectivity index (χ4v) is 2.45. The number of amides is 1. The Hall–Kier alpha value is -0.940. The molecule has 1 atom stereocenters. The van der Waals surface area contributed by atoms with Gasteiger partial charge in [0.05, 0.1) is 21.7 Å². The normalized spacial score (nSPS) is 20.6. The van der Waals surface area contributed by atoms with Crippen molar-refractivity contribution in [2.75, 3.05) is 11.4 Å². The molecule has 1 aromatic carbocycles. The highest BCUT2D eigenvalue weighted by molar-refractivity contribution is 6.35. The van der Waals surface area contributed by atoms with Crippen molar-refractivity contribution in [1.29, 1.82) is 0 Å². The molecule has 7 heteroatoms. The Morgan fingerprint density at radius 1 is 1.33 bits per heavy atom. The summed E-state index contributed by atoms with van der Waals surface area (Å²) in [6.45, 7) is 0.168. The van der Waals surface area contributed by atoms with E-state index in [0.29, 0.717) is 0 Å². The maximum absolute atomic E-state index is 12.7. The molecular weight excluding hydrogens is 290 g/mol. The molecule has 0 spiro atoms. The minimum Gasteiger partial charge on any atom is -0.309 e. The highest BCUT2D eigenvalue weighted by Crippen LogP contribution is 2.40. The number of hydrogen-bond donors (Lipinski definition) is 0. The zero-order valence-electron chi connectivity index (χ0n) is 8.97. The van der Waals surface area contributed by atoms with Crippen LogP contribution in [0, 0.1) is 0 Å². The zero-order chi connectivity index (χ0) is 13.5. The third-order valence-corrected chi connectivity index (χ3v) is 3.34. The minimum absolute atomic E-state index is 0.0552. The van der Waals surface area contributed by atoms with Gasteiger partial charge in [0.2, 0.25) is 5.91 Å². The van der Waals surface area contributed by atoms with Gasteiger partial charge in [0.15, 0.2) is 0 Å². The van der Waals surface area contributed by atoms with Crippen molar-refractivity contribution in [3.63, 3.8) is 0 Å². The summed E-state index contributed by atoms with van der Waals surface area (Å²) in [5.74, 6) is -0.323. The van der Waals surface area contributed by atoms with Crippen LogP contribution < -0.4 is 4.90 Å². The number of anilines is 1. The molecule has 0 aliphatic carbocycles. The summed E-state index contributed by atoms with van der Waals surface area (Å²) >= 11 is 11.5. The van der Waals surface area contributed by atoms with E-state index in [1.165, 1.54) is 17.0 Å². The minimum atomic E-state index is -4.55. The van der Waals surface area contributed by atoms with Crippen molar-refractivity contribution in [2.24, 2.45) is 0 Å². The van der Waals surface area contributed by atoms with E-state index in [1.54, 1.807) is 0 Å². The van der Waals surface area contributed by atoms with Gasteiger partial charge >= 0.3 is 6.18 Å². The molecule has 1 aromatic rings.